The van der Waals surface area contributed by atoms with E-state index in [1.54, 1.807) is 42.5 Å². The van der Waals surface area contributed by atoms with Gasteiger partial charge in [0.1, 0.15) is 0 Å². The average molecular weight is 383 g/mol. The quantitative estimate of drug-likeness (QED) is 0.683. The second kappa shape index (κ2) is 6.36. The van der Waals surface area contributed by atoms with E-state index in [-0.39, 0.29) is 11.4 Å². The van der Waals surface area contributed by atoms with E-state index in [2.05, 4.69) is 5.10 Å². The Bertz CT molecular complexity index is 936. The second-order valence-electron chi connectivity index (χ2n) is 4.93. The van der Waals surface area contributed by atoms with Crippen molar-refractivity contribution in [3.63, 3.8) is 0 Å². The summed E-state index contributed by atoms with van der Waals surface area (Å²) in [4.78, 5) is 11.4. The lowest BCUT2D eigenvalue weighted by Gasteiger charge is -2.10. The summed E-state index contributed by atoms with van der Waals surface area (Å²) in [6, 6.07) is 11.6. The molecule has 0 aliphatic carbocycles. The number of rotatable bonds is 3. The van der Waals surface area contributed by atoms with Crippen molar-refractivity contribution < 1.29 is 9.90 Å². The van der Waals surface area contributed by atoms with Gasteiger partial charge in [0.2, 0.25) is 0 Å². The van der Waals surface area contributed by atoms with Crippen molar-refractivity contribution in [3.05, 3.63) is 63.2 Å². The third-order valence-electron chi connectivity index (χ3n) is 3.38. The Balaban J connectivity index is 2.30. The van der Waals surface area contributed by atoms with Crippen molar-refractivity contribution in [2.75, 3.05) is 5.73 Å². The highest BCUT2D eigenvalue weighted by Gasteiger charge is 2.23. The van der Waals surface area contributed by atoms with Crippen molar-refractivity contribution >= 4 is 46.5 Å². The first-order valence-corrected chi connectivity index (χ1v) is 7.85. The molecule has 122 valence electrons. The second-order valence-corrected chi connectivity index (χ2v) is 6.21. The van der Waals surface area contributed by atoms with Crippen molar-refractivity contribution in [1.29, 1.82) is 0 Å². The summed E-state index contributed by atoms with van der Waals surface area (Å²) in [5.41, 5.74) is 7.33. The molecular formula is C16H10Cl3N3O2. The SMILES string of the molecule is Nc1c(C(=O)O)nn(-c2ccc(Cl)cc2Cl)c1-c1ccc(Cl)cc1. The number of benzene rings is 2. The molecule has 5 nitrogen and oxygen atoms in total. The number of nitrogen functional groups attached to an aromatic ring is 1. The molecule has 24 heavy (non-hydrogen) atoms. The number of nitrogens with two attached hydrogens (primary N) is 1. The van der Waals surface area contributed by atoms with Crippen LogP contribution in [0.5, 0.6) is 0 Å². The summed E-state index contributed by atoms with van der Waals surface area (Å²) in [5, 5.41) is 14.7. The molecule has 0 aliphatic heterocycles. The molecule has 3 aromatic rings. The number of aromatic nitrogens is 2. The molecule has 3 N–H and O–H groups in total. The van der Waals surface area contributed by atoms with Gasteiger partial charge in [-0.2, -0.15) is 5.10 Å². The zero-order chi connectivity index (χ0) is 17.4. The Morgan fingerprint density at radius 3 is 2.25 bits per heavy atom. The van der Waals surface area contributed by atoms with Crippen LogP contribution in [0.25, 0.3) is 16.9 Å². The molecule has 1 aromatic heterocycles. The lowest BCUT2D eigenvalue weighted by Crippen LogP contribution is -2.03. The van der Waals surface area contributed by atoms with Gasteiger partial charge in [-0.05, 0) is 30.3 Å². The molecule has 0 aliphatic rings. The maximum Gasteiger partial charge on any atom is 0.358 e. The van der Waals surface area contributed by atoms with Crippen LogP contribution in [0.2, 0.25) is 15.1 Å². The van der Waals surface area contributed by atoms with E-state index in [9.17, 15) is 9.90 Å². The van der Waals surface area contributed by atoms with Crippen LogP contribution in [0.1, 0.15) is 10.5 Å². The first kappa shape index (κ1) is 16.6. The van der Waals surface area contributed by atoms with E-state index in [1.165, 1.54) is 4.68 Å². The number of halogens is 3. The lowest BCUT2D eigenvalue weighted by molar-refractivity contribution is 0.0691. The number of aromatic carboxylic acids is 1. The third-order valence-corrected chi connectivity index (χ3v) is 4.17. The number of anilines is 1. The van der Waals surface area contributed by atoms with E-state index in [0.29, 0.717) is 32.0 Å². The number of nitrogens with zero attached hydrogens (tertiary/aromatic N) is 2. The number of carboxylic acids is 1. The molecule has 0 atom stereocenters. The highest BCUT2D eigenvalue weighted by Crippen LogP contribution is 2.34. The number of carbonyl (C=O) groups is 1. The molecule has 0 saturated carbocycles. The summed E-state index contributed by atoms with van der Waals surface area (Å²) in [6.07, 6.45) is 0. The Hall–Kier alpha value is -2.21. The van der Waals surface area contributed by atoms with Crippen LogP contribution in [0, 0.1) is 0 Å². The van der Waals surface area contributed by atoms with Crippen LogP contribution in [0.3, 0.4) is 0 Å². The van der Waals surface area contributed by atoms with Gasteiger partial charge in [-0.25, -0.2) is 9.48 Å². The molecule has 0 amide bonds. The molecule has 0 radical (unpaired) electrons. The molecule has 0 bridgehead atoms. The van der Waals surface area contributed by atoms with Gasteiger partial charge in [0.05, 0.1) is 22.1 Å². The Kier molecular flexibility index (Phi) is 4.41. The summed E-state index contributed by atoms with van der Waals surface area (Å²) in [7, 11) is 0. The Morgan fingerprint density at radius 2 is 1.67 bits per heavy atom. The topological polar surface area (TPSA) is 81.1 Å². The first-order chi connectivity index (χ1) is 11.4. The fraction of sp³-hybridized carbons (Fsp3) is 0. The van der Waals surface area contributed by atoms with Gasteiger partial charge in [0.15, 0.2) is 5.69 Å². The van der Waals surface area contributed by atoms with E-state index >= 15 is 0 Å². The predicted octanol–water partition coefficient (Wildman–Crippen LogP) is 4.78. The molecule has 2 aromatic carbocycles. The highest BCUT2D eigenvalue weighted by atomic mass is 35.5. The summed E-state index contributed by atoms with van der Waals surface area (Å²) in [5.74, 6) is -1.23. The zero-order valence-corrected chi connectivity index (χ0v) is 14.3. The summed E-state index contributed by atoms with van der Waals surface area (Å²) < 4.78 is 1.39. The molecule has 0 unspecified atom stereocenters. The molecular weight excluding hydrogens is 373 g/mol. The van der Waals surface area contributed by atoms with Crippen molar-refractivity contribution in [2.45, 2.75) is 0 Å². The number of carboxylic acid groups (broad SMARTS) is 1. The van der Waals surface area contributed by atoms with Gasteiger partial charge in [0.25, 0.3) is 0 Å². The molecule has 3 rings (SSSR count). The predicted molar refractivity (Wildman–Crippen MR) is 95.4 cm³/mol. The summed E-state index contributed by atoms with van der Waals surface area (Å²) in [6.45, 7) is 0. The molecule has 8 heteroatoms. The van der Waals surface area contributed by atoms with Crippen molar-refractivity contribution in [3.8, 4) is 16.9 Å². The molecule has 0 spiro atoms. The van der Waals surface area contributed by atoms with E-state index < -0.39 is 5.97 Å². The first-order valence-electron chi connectivity index (χ1n) is 6.71. The number of hydrogen-bond acceptors (Lipinski definition) is 3. The van der Waals surface area contributed by atoms with E-state index in [1.807, 2.05) is 0 Å². The van der Waals surface area contributed by atoms with Gasteiger partial charge in [-0.3, -0.25) is 0 Å². The van der Waals surface area contributed by atoms with Crippen molar-refractivity contribution in [2.24, 2.45) is 0 Å². The normalized spacial score (nSPS) is 10.8. The monoisotopic (exact) mass is 381 g/mol. The smallest absolute Gasteiger partial charge is 0.358 e. The maximum absolute atomic E-state index is 11.4. The highest BCUT2D eigenvalue weighted by molar-refractivity contribution is 6.35. The molecule has 0 saturated heterocycles. The van der Waals surface area contributed by atoms with Gasteiger partial charge in [0, 0.05) is 15.6 Å². The fourth-order valence-corrected chi connectivity index (χ4v) is 2.92. The average Bonchev–Trinajstić information content (AvgIpc) is 2.86. The summed E-state index contributed by atoms with van der Waals surface area (Å²) >= 11 is 18.1. The van der Waals surface area contributed by atoms with Gasteiger partial charge in [-0.1, -0.05) is 46.9 Å². The van der Waals surface area contributed by atoms with E-state index in [4.69, 9.17) is 40.5 Å². The van der Waals surface area contributed by atoms with Crippen LogP contribution in [0.15, 0.2) is 42.5 Å². The van der Waals surface area contributed by atoms with E-state index in [0.717, 1.165) is 0 Å². The van der Waals surface area contributed by atoms with Crippen LogP contribution >= 0.6 is 34.8 Å². The molecule has 0 fully saturated rings. The van der Waals surface area contributed by atoms with Gasteiger partial charge >= 0.3 is 5.97 Å². The largest absolute Gasteiger partial charge is 0.476 e. The lowest BCUT2D eigenvalue weighted by atomic mass is 10.1. The minimum absolute atomic E-state index is 0.0378. The van der Waals surface area contributed by atoms with Crippen molar-refractivity contribution in [1.82, 2.24) is 9.78 Å². The van der Waals surface area contributed by atoms with Crippen LogP contribution in [-0.2, 0) is 0 Å². The van der Waals surface area contributed by atoms with Gasteiger partial charge < -0.3 is 10.8 Å². The number of hydrogen-bond donors (Lipinski definition) is 2. The minimum Gasteiger partial charge on any atom is -0.476 e. The van der Waals surface area contributed by atoms with Gasteiger partial charge in [-0.15, -0.1) is 0 Å². The van der Waals surface area contributed by atoms with Crippen LogP contribution < -0.4 is 5.73 Å². The third kappa shape index (κ3) is 2.94. The molecule has 1 heterocycles. The van der Waals surface area contributed by atoms with Crippen LogP contribution in [-0.4, -0.2) is 20.9 Å². The Labute approximate surface area is 152 Å². The standard InChI is InChI=1S/C16H10Cl3N3O2/c17-9-3-1-8(2-4-9)15-13(20)14(16(23)24)21-22(15)12-6-5-10(18)7-11(12)19/h1-7H,20H2,(H,23,24). The van der Waals surface area contributed by atoms with Crippen LogP contribution in [0.4, 0.5) is 5.69 Å². The minimum atomic E-state index is -1.23. The Morgan fingerprint density at radius 1 is 1.04 bits per heavy atom. The fourth-order valence-electron chi connectivity index (χ4n) is 2.30. The maximum atomic E-state index is 11.4. The zero-order valence-electron chi connectivity index (χ0n) is 12.0.